The molecule has 0 aliphatic rings. The number of aryl methyl sites for hydroxylation is 1. The number of benzene rings is 1. The number of thioether (sulfide) groups is 1. The number of unbranched alkanes of at least 4 members (excludes halogenated alkanes) is 3. The van der Waals surface area contributed by atoms with E-state index in [2.05, 4.69) is 50.5 Å². The topological polar surface area (TPSA) is 17.8 Å². The lowest BCUT2D eigenvalue weighted by molar-refractivity contribution is 0.562. The second kappa shape index (κ2) is 8.61. The van der Waals surface area contributed by atoms with Gasteiger partial charge in [0.25, 0.3) is 0 Å². The minimum absolute atomic E-state index is 0.477. The number of nitrogens with zero attached hydrogens (tertiary/aromatic N) is 2. The van der Waals surface area contributed by atoms with E-state index in [0.29, 0.717) is 5.92 Å². The molecule has 2 rings (SSSR count). The molecule has 22 heavy (non-hydrogen) atoms. The van der Waals surface area contributed by atoms with Crippen LogP contribution in [0.2, 0.25) is 0 Å². The van der Waals surface area contributed by atoms with Gasteiger partial charge < -0.3 is 4.57 Å². The molecule has 0 aliphatic heterocycles. The predicted molar refractivity (Wildman–Crippen MR) is 99.0 cm³/mol. The lowest BCUT2D eigenvalue weighted by atomic mass is 10.2. The third kappa shape index (κ3) is 4.28. The fourth-order valence-electron chi connectivity index (χ4n) is 2.80. The summed E-state index contributed by atoms with van der Waals surface area (Å²) >= 11 is 1.95. The van der Waals surface area contributed by atoms with Gasteiger partial charge in [0.15, 0.2) is 0 Å². The normalized spacial score (nSPS) is 11.7. The Morgan fingerprint density at radius 3 is 2.59 bits per heavy atom. The highest BCUT2D eigenvalue weighted by Crippen LogP contribution is 2.27. The van der Waals surface area contributed by atoms with Gasteiger partial charge in [-0.25, -0.2) is 4.98 Å². The summed E-state index contributed by atoms with van der Waals surface area (Å²) in [6.45, 7) is 10.1. The Bertz CT molecular complexity index is 586. The zero-order valence-electron chi connectivity index (χ0n) is 14.6. The average Bonchev–Trinajstić information content (AvgIpc) is 2.88. The first-order chi connectivity index (χ1) is 10.7. The predicted octanol–water partition coefficient (Wildman–Crippen LogP) is 6.24. The van der Waals surface area contributed by atoms with Crippen molar-refractivity contribution in [2.45, 2.75) is 77.2 Å². The van der Waals surface area contributed by atoms with E-state index in [4.69, 9.17) is 4.98 Å². The molecule has 0 saturated heterocycles. The summed E-state index contributed by atoms with van der Waals surface area (Å²) in [6, 6.07) is 6.76. The van der Waals surface area contributed by atoms with Crippen LogP contribution in [0.4, 0.5) is 0 Å². The van der Waals surface area contributed by atoms with Gasteiger partial charge in [-0.3, -0.25) is 0 Å². The van der Waals surface area contributed by atoms with E-state index in [-0.39, 0.29) is 0 Å². The van der Waals surface area contributed by atoms with Crippen molar-refractivity contribution in [3.05, 3.63) is 24.0 Å². The molecule has 0 saturated carbocycles. The van der Waals surface area contributed by atoms with E-state index in [1.165, 1.54) is 54.1 Å². The van der Waals surface area contributed by atoms with Crippen molar-refractivity contribution >= 4 is 22.8 Å². The van der Waals surface area contributed by atoms with Crippen molar-refractivity contribution in [3.8, 4) is 0 Å². The first kappa shape index (κ1) is 17.4. The van der Waals surface area contributed by atoms with Gasteiger partial charge in [-0.1, -0.05) is 47.0 Å². The number of fused-ring (bicyclic) bond motifs is 1. The van der Waals surface area contributed by atoms with Crippen molar-refractivity contribution in [3.63, 3.8) is 0 Å². The van der Waals surface area contributed by atoms with Gasteiger partial charge in [0.1, 0.15) is 5.82 Å². The van der Waals surface area contributed by atoms with Crippen LogP contribution < -0.4 is 0 Å². The maximum absolute atomic E-state index is 4.89. The quantitative estimate of drug-likeness (QED) is 0.402. The molecule has 0 radical (unpaired) electrons. The summed E-state index contributed by atoms with van der Waals surface area (Å²) in [5, 5.41) is 0. The van der Waals surface area contributed by atoms with E-state index < -0.39 is 0 Å². The standard InChI is InChI=1S/C19H30N2S/c1-5-7-8-9-12-21-18-14-16(22-13-6-2)10-11-17(18)20-19(21)15(3)4/h10-11,14-15H,5-9,12-13H2,1-4H3. The number of imidazole rings is 1. The fourth-order valence-corrected chi connectivity index (χ4v) is 3.60. The van der Waals surface area contributed by atoms with Crippen molar-refractivity contribution in [1.29, 1.82) is 0 Å². The van der Waals surface area contributed by atoms with Crippen molar-refractivity contribution in [2.24, 2.45) is 0 Å². The molecular formula is C19H30N2S. The third-order valence-electron chi connectivity index (χ3n) is 3.97. The van der Waals surface area contributed by atoms with E-state index in [9.17, 15) is 0 Å². The van der Waals surface area contributed by atoms with Crippen molar-refractivity contribution in [1.82, 2.24) is 9.55 Å². The molecular weight excluding hydrogens is 288 g/mol. The first-order valence-electron chi connectivity index (χ1n) is 8.80. The number of hydrogen-bond donors (Lipinski definition) is 0. The van der Waals surface area contributed by atoms with Gasteiger partial charge in [-0.2, -0.15) is 0 Å². The summed E-state index contributed by atoms with van der Waals surface area (Å²) in [4.78, 5) is 6.26. The lowest BCUT2D eigenvalue weighted by Crippen LogP contribution is -2.05. The van der Waals surface area contributed by atoms with Gasteiger partial charge >= 0.3 is 0 Å². The van der Waals surface area contributed by atoms with Gasteiger partial charge in [0.05, 0.1) is 11.0 Å². The zero-order chi connectivity index (χ0) is 15.9. The van der Waals surface area contributed by atoms with Gasteiger partial charge in [0.2, 0.25) is 0 Å². The van der Waals surface area contributed by atoms with Crippen LogP contribution in [0.5, 0.6) is 0 Å². The van der Waals surface area contributed by atoms with E-state index >= 15 is 0 Å². The van der Waals surface area contributed by atoms with Crippen LogP contribution in [0, 0.1) is 0 Å². The first-order valence-corrected chi connectivity index (χ1v) is 9.78. The average molecular weight is 319 g/mol. The molecule has 1 aromatic heterocycles. The molecule has 0 N–H and O–H groups in total. The van der Waals surface area contributed by atoms with E-state index in [1.807, 2.05) is 11.8 Å². The fraction of sp³-hybridized carbons (Fsp3) is 0.632. The summed E-state index contributed by atoms with van der Waals surface area (Å²) in [5.74, 6) is 2.90. The molecule has 0 amide bonds. The van der Waals surface area contributed by atoms with Crippen LogP contribution in [0.25, 0.3) is 11.0 Å². The molecule has 0 spiro atoms. The number of rotatable bonds is 9. The Labute approximate surface area is 139 Å². The lowest BCUT2D eigenvalue weighted by Gasteiger charge is -2.11. The molecule has 2 nitrogen and oxygen atoms in total. The molecule has 0 atom stereocenters. The molecule has 0 fully saturated rings. The van der Waals surface area contributed by atoms with Gasteiger partial charge in [-0.15, -0.1) is 11.8 Å². The molecule has 0 aliphatic carbocycles. The number of hydrogen-bond acceptors (Lipinski definition) is 2. The molecule has 1 heterocycles. The Morgan fingerprint density at radius 1 is 1.09 bits per heavy atom. The minimum atomic E-state index is 0.477. The highest BCUT2D eigenvalue weighted by molar-refractivity contribution is 7.99. The van der Waals surface area contributed by atoms with Crippen molar-refractivity contribution in [2.75, 3.05) is 5.75 Å². The second-order valence-electron chi connectivity index (χ2n) is 6.34. The van der Waals surface area contributed by atoms with Crippen LogP contribution >= 0.6 is 11.8 Å². The molecule has 2 aromatic rings. The maximum Gasteiger partial charge on any atom is 0.112 e. The SMILES string of the molecule is CCCCCCn1c(C(C)C)nc2ccc(SCCC)cc21. The zero-order valence-corrected chi connectivity index (χ0v) is 15.4. The Balaban J connectivity index is 2.28. The third-order valence-corrected chi connectivity index (χ3v) is 5.17. The largest absolute Gasteiger partial charge is 0.328 e. The van der Waals surface area contributed by atoms with Crippen LogP contribution in [-0.4, -0.2) is 15.3 Å². The van der Waals surface area contributed by atoms with Crippen molar-refractivity contribution < 1.29 is 0 Å². The number of aromatic nitrogens is 2. The highest BCUT2D eigenvalue weighted by Gasteiger charge is 2.13. The second-order valence-corrected chi connectivity index (χ2v) is 7.50. The van der Waals surface area contributed by atoms with Crippen LogP contribution in [0.15, 0.2) is 23.1 Å². The summed E-state index contributed by atoms with van der Waals surface area (Å²) in [5.41, 5.74) is 2.47. The summed E-state index contributed by atoms with van der Waals surface area (Å²) < 4.78 is 2.46. The Hall–Kier alpha value is -0.960. The Morgan fingerprint density at radius 2 is 1.91 bits per heavy atom. The van der Waals surface area contributed by atoms with Crippen LogP contribution in [-0.2, 0) is 6.54 Å². The minimum Gasteiger partial charge on any atom is -0.328 e. The Kier molecular flexibility index (Phi) is 6.81. The summed E-state index contributed by atoms with van der Waals surface area (Å²) in [7, 11) is 0. The molecule has 0 bridgehead atoms. The van der Waals surface area contributed by atoms with E-state index in [1.54, 1.807) is 0 Å². The molecule has 0 unspecified atom stereocenters. The van der Waals surface area contributed by atoms with Crippen LogP contribution in [0.1, 0.15) is 71.5 Å². The highest BCUT2D eigenvalue weighted by atomic mass is 32.2. The molecule has 3 heteroatoms. The molecule has 1 aromatic carbocycles. The monoisotopic (exact) mass is 318 g/mol. The molecule has 122 valence electrons. The summed E-state index contributed by atoms with van der Waals surface area (Å²) in [6.07, 6.45) is 6.42. The maximum atomic E-state index is 4.89. The van der Waals surface area contributed by atoms with E-state index in [0.717, 1.165) is 12.1 Å². The van der Waals surface area contributed by atoms with Gasteiger partial charge in [-0.05, 0) is 36.8 Å². The smallest absolute Gasteiger partial charge is 0.112 e. The van der Waals surface area contributed by atoms with Crippen LogP contribution in [0.3, 0.4) is 0 Å². The van der Waals surface area contributed by atoms with Gasteiger partial charge in [0, 0.05) is 17.4 Å².